The highest BCUT2D eigenvalue weighted by molar-refractivity contribution is 5.99. The molecule has 1 aliphatic rings. The van der Waals surface area contributed by atoms with E-state index in [4.69, 9.17) is 9.47 Å². The fourth-order valence-corrected chi connectivity index (χ4v) is 4.06. The maximum atomic E-state index is 13.5. The highest BCUT2D eigenvalue weighted by Crippen LogP contribution is 2.37. The molecular weight excluding hydrogens is 362 g/mol. The van der Waals surface area contributed by atoms with Crippen molar-refractivity contribution in [3.05, 3.63) is 58.7 Å². The summed E-state index contributed by atoms with van der Waals surface area (Å²) in [5, 5.41) is 3.19. The standard InChI is InChI=1S/C25H33NO3/c1-5-6-13-29-23-19(3)16-22(17-20(23)4)26-24(27)25(11-14-28-15-12-25)21-9-7-18(2)8-10-21/h7-10,16-17H,5-6,11-15H2,1-4H3,(H,26,27). The first-order chi connectivity index (χ1) is 14.0. The maximum Gasteiger partial charge on any atom is 0.235 e. The van der Waals surface area contributed by atoms with Crippen molar-refractivity contribution in [1.29, 1.82) is 0 Å². The molecule has 1 amide bonds. The molecule has 1 heterocycles. The monoisotopic (exact) mass is 395 g/mol. The van der Waals surface area contributed by atoms with Crippen LogP contribution in [0.15, 0.2) is 36.4 Å². The first-order valence-corrected chi connectivity index (χ1v) is 10.7. The number of unbranched alkanes of at least 4 members (excludes halogenated alkanes) is 1. The molecule has 2 aromatic rings. The van der Waals surface area contributed by atoms with Gasteiger partial charge in [0.25, 0.3) is 0 Å². The lowest BCUT2D eigenvalue weighted by Crippen LogP contribution is -2.44. The first-order valence-electron chi connectivity index (χ1n) is 10.7. The second kappa shape index (κ2) is 9.45. The zero-order chi connectivity index (χ0) is 20.9. The molecule has 0 saturated carbocycles. The van der Waals surface area contributed by atoms with Gasteiger partial charge in [0.05, 0.1) is 12.0 Å². The summed E-state index contributed by atoms with van der Waals surface area (Å²) in [6.45, 7) is 10.2. The normalized spacial score (nSPS) is 15.7. The average Bonchev–Trinajstić information content (AvgIpc) is 2.71. The van der Waals surface area contributed by atoms with Crippen molar-refractivity contribution in [2.75, 3.05) is 25.1 Å². The van der Waals surface area contributed by atoms with Gasteiger partial charge >= 0.3 is 0 Å². The highest BCUT2D eigenvalue weighted by Gasteiger charge is 2.41. The summed E-state index contributed by atoms with van der Waals surface area (Å²) in [5.41, 5.74) is 4.63. The number of ether oxygens (including phenoxy) is 2. The number of amides is 1. The van der Waals surface area contributed by atoms with E-state index in [-0.39, 0.29) is 5.91 Å². The first kappa shape index (κ1) is 21.4. The van der Waals surface area contributed by atoms with Crippen molar-refractivity contribution in [2.24, 2.45) is 0 Å². The number of anilines is 1. The summed E-state index contributed by atoms with van der Waals surface area (Å²) in [6.07, 6.45) is 3.53. The SMILES string of the molecule is CCCCOc1c(C)cc(NC(=O)C2(c3ccc(C)cc3)CCOCC2)cc1C. The number of carbonyl (C=O) groups excluding carboxylic acids is 1. The minimum Gasteiger partial charge on any atom is -0.493 e. The second-order valence-corrected chi connectivity index (χ2v) is 8.16. The molecule has 0 spiro atoms. The number of benzene rings is 2. The smallest absolute Gasteiger partial charge is 0.235 e. The number of carbonyl (C=O) groups is 1. The van der Waals surface area contributed by atoms with E-state index in [1.165, 1.54) is 5.56 Å². The van der Waals surface area contributed by atoms with E-state index in [0.717, 1.165) is 47.6 Å². The van der Waals surface area contributed by atoms with Crippen LogP contribution in [0.2, 0.25) is 0 Å². The van der Waals surface area contributed by atoms with E-state index >= 15 is 0 Å². The summed E-state index contributed by atoms with van der Waals surface area (Å²) in [5.74, 6) is 0.971. The molecule has 4 nitrogen and oxygen atoms in total. The van der Waals surface area contributed by atoms with Gasteiger partial charge in [0.1, 0.15) is 5.75 Å². The number of hydrogen-bond donors (Lipinski definition) is 1. The molecule has 0 radical (unpaired) electrons. The highest BCUT2D eigenvalue weighted by atomic mass is 16.5. The fraction of sp³-hybridized carbons (Fsp3) is 0.480. The van der Waals surface area contributed by atoms with Crippen molar-refractivity contribution in [3.63, 3.8) is 0 Å². The Morgan fingerprint density at radius 2 is 1.69 bits per heavy atom. The van der Waals surface area contributed by atoms with Crippen LogP contribution in [0.1, 0.15) is 54.9 Å². The molecule has 1 fully saturated rings. The third kappa shape index (κ3) is 4.81. The number of aryl methyl sites for hydroxylation is 3. The van der Waals surface area contributed by atoms with Crippen LogP contribution in [0.4, 0.5) is 5.69 Å². The van der Waals surface area contributed by atoms with Gasteiger partial charge in [0, 0.05) is 18.9 Å². The predicted molar refractivity (Wildman–Crippen MR) is 118 cm³/mol. The van der Waals surface area contributed by atoms with Crippen LogP contribution in [-0.2, 0) is 14.9 Å². The molecule has 3 rings (SSSR count). The average molecular weight is 396 g/mol. The molecule has 0 aromatic heterocycles. The summed E-state index contributed by atoms with van der Waals surface area (Å²) in [4.78, 5) is 13.5. The van der Waals surface area contributed by atoms with Gasteiger partial charge in [0.2, 0.25) is 5.91 Å². The van der Waals surface area contributed by atoms with Gasteiger partial charge in [0.15, 0.2) is 0 Å². The van der Waals surface area contributed by atoms with Crippen LogP contribution >= 0.6 is 0 Å². The van der Waals surface area contributed by atoms with Crippen molar-refractivity contribution in [1.82, 2.24) is 0 Å². The van der Waals surface area contributed by atoms with E-state index in [1.807, 2.05) is 26.0 Å². The van der Waals surface area contributed by atoms with Gasteiger partial charge in [-0.2, -0.15) is 0 Å². The zero-order valence-corrected chi connectivity index (χ0v) is 18.1. The predicted octanol–water partition coefficient (Wildman–Crippen LogP) is 5.48. The minimum atomic E-state index is -0.552. The van der Waals surface area contributed by atoms with Crippen LogP contribution in [0, 0.1) is 20.8 Å². The van der Waals surface area contributed by atoms with Crippen LogP contribution < -0.4 is 10.1 Å². The lowest BCUT2D eigenvalue weighted by Gasteiger charge is -2.36. The van der Waals surface area contributed by atoms with Crippen LogP contribution in [-0.4, -0.2) is 25.7 Å². The Balaban J connectivity index is 1.84. The Morgan fingerprint density at radius 3 is 2.28 bits per heavy atom. The Kier molecular flexibility index (Phi) is 6.96. The van der Waals surface area contributed by atoms with Gasteiger partial charge < -0.3 is 14.8 Å². The Bertz CT molecular complexity index is 813. The van der Waals surface area contributed by atoms with E-state index in [2.05, 4.69) is 43.4 Å². The molecular formula is C25H33NO3. The largest absolute Gasteiger partial charge is 0.493 e. The summed E-state index contributed by atoms with van der Waals surface area (Å²) < 4.78 is 11.5. The zero-order valence-electron chi connectivity index (χ0n) is 18.1. The third-order valence-electron chi connectivity index (χ3n) is 5.85. The van der Waals surface area contributed by atoms with Gasteiger partial charge in [-0.15, -0.1) is 0 Å². The van der Waals surface area contributed by atoms with Gasteiger partial charge in [-0.1, -0.05) is 43.2 Å². The Morgan fingerprint density at radius 1 is 1.07 bits per heavy atom. The van der Waals surface area contributed by atoms with Crippen molar-refractivity contribution in [2.45, 2.75) is 58.8 Å². The number of rotatable bonds is 7. The van der Waals surface area contributed by atoms with Crippen molar-refractivity contribution >= 4 is 11.6 Å². The molecule has 29 heavy (non-hydrogen) atoms. The lowest BCUT2D eigenvalue weighted by atomic mass is 9.73. The van der Waals surface area contributed by atoms with E-state index in [9.17, 15) is 4.79 Å². The maximum absolute atomic E-state index is 13.5. The Hall–Kier alpha value is -2.33. The summed E-state index contributed by atoms with van der Waals surface area (Å²) in [6, 6.07) is 12.3. The van der Waals surface area contributed by atoms with Gasteiger partial charge in [-0.25, -0.2) is 0 Å². The molecule has 0 atom stereocenters. The Labute approximate surface area is 174 Å². The minimum absolute atomic E-state index is 0.0445. The van der Waals surface area contributed by atoms with Gasteiger partial charge in [-0.3, -0.25) is 4.79 Å². The third-order valence-corrected chi connectivity index (χ3v) is 5.85. The second-order valence-electron chi connectivity index (χ2n) is 8.16. The van der Waals surface area contributed by atoms with E-state index < -0.39 is 5.41 Å². The van der Waals surface area contributed by atoms with Crippen LogP contribution in [0.25, 0.3) is 0 Å². The van der Waals surface area contributed by atoms with Crippen molar-refractivity contribution < 1.29 is 14.3 Å². The summed E-state index contributed by atoms with van der Waals surface area (Å²) >= 11 is 0. The van der Waals surface area contributed by atoms with Gasteiger partial charge in [-0.05, 0) is 68.9 Å². The topological polar surface area (TPSA) is 47.6 Å². The molecule has 1 saturated heterocycles. The molecule has 1 N–H and O–H groups in total. The number of nitrogens with one attached hydrogen (secondary N) is 1. The molecule has 0 aliphatic carbocycles. The van der Waals surface area contributed by atoms with Crippen LogP contribution in [0.3, 0.4) is 0 Å². The molecule has 0 bridgehead atoms. The molecule has 0 unspecified atom stereocenters. The molecule has 156 valence electrons. The molecule has 2 aromatic carbocycles. The fourth-order valence-electron chi connectivity index (χ4n) is 4.06. The lowest BCUT2D eigenvalue weighted by molar-refractivity contribution is -0.125. The van der Waals surface area contributed by atoms with E-state index in [0.29, 0.717) is 26.1 Å². The van der Waals surface area contributed by atoms with E-state index in [1.54, 1.807) is 0 Å². The molecule has 4 heteroatoms. The molecule has 1 aliphatic heterocycles. The number of hydrogen-bond acceptors (Lipinski definition) is 3. The summed E-state index contributed by atoms with van der Waals surface area (Å²) in [7, 11) is 0. The quantitative estimate of drug-likeness (QED) is 0.632. The van der Waals surface area contributed by atoms with Crippen molar-refractivity contribution in [3.8, 4) is 5.75 Å². The van der Waals surface area contributed by atoms with Crippen LogP contribution in [0.5, 0.6) is 5.75 Å².